The van der Waals surface area contributed by atoms with Crippen LogP contribution in [0.5, 0.6) is 5.06 Å². The predicted octanol–water partition coefficient (Wildman–Crippen LogP) is 22.7. The van der Waals surface area contributed by atoms with E-state index in [0.717, 1.165) is 129 Å². The van der Waals surface area contributed by atoms with Gasteiger partial charge < -0.3 is 28.8 Å². The molecule has 4 atom stereocenters. The maximum absolute atomic E-state index is 14.4. The molecule has 2 aliphatic rings. The molecule has 0 aliphatic carbocycles. The number of carbonyl (C=O) groups excluding carboxylic acids is 6. The molecule has 1 N–H and O–H groups in total. The van der Waals surface area contributed by atoms with Gasteiger partial charge in [-0.2, -0.15) is 34.9 Å². The SMILES string of the molecule is CC(=O)OC(C)=O.CCCCC(CC)CO.CCCCC(CC)COC(=O)c1sc2c(Br)sc(Br)c2c1F.CCCCC(CC)COC(=O)c1sc2c(c1F)CSC2.CCCCC(CC)COC(=O)c1sc2cscc2c1F.O=COc1sc2c(c1F)CSC2.[2H]CF.[B]=NS. The van der Waals surface area contributed by atoms with E-state index in [1.807, 2.05) is 5.38 Å². The van der Waals surface area contributed by atoms with Crippen molar-refractivity contribution in [1.82, 2.24) is 0 Å². The summed E-state index contributed by atoms with van der Waals surface area (Å²) in [4.78, 5) is 68.1. The van der Waals surface area contributed by atoms with Crippen LogP contribution in [0.3, 0.4) is 0 Å². The van der Waals surface area contributed by atoms with Crippen molar-refractivity contribution in [2.75, 3.05) is 33.6 Å². The third kappa shape index (κ3) is 31.8. The number of rotatable bonds is 28. The van der Waals surface area contributed by atoms with Gasteiger partial charge in [0.15, 0.2) is 23.3 Å². The summed E-state index contributed by atoms with van der Waals surface area (Å²) in [6.07, 6.45) is 17.8. The molecule has 6 aromatic rings. The average Bonchev–Trinajstić information content (AvgIpc) is 1.64. The van der Waals surface area contributed by atoms with Crippen molar-refractivity contribution >= 4 is 200 Å². The number of fused-ring (bicyclic) bond motifs is 4. The van der Waals surface area contributed by atoms with Gasteiger partial charge in [-0.25, -0.2) is 31.9 Å². The van der Waals surface area contributed by atoms with E-state index >= 15 is 0 Å². The summed E-state index contributed by atoms with van der Waals surface area (Å²) in [5.41, 5.74) is 1.42. The first-order valence-electron chi connectivity index (χ1n) is 31.9. The number of esters is 5. The Morgan fingerprint density at radius 1 is 0.621 bits per heavy atom. The summed E-state index contributed by atoms with van der Waals surface area (Å²) >= 11 is 20.9. The van der Waals surface area contributed by atoms with Gasteiger partial charge in [0, 0.05) is 85.2 Å². The van der Waals surface area contributed by atoms with Crippen LogP contribution >= 0.6 is 136 Å². The Labute approximate surface area is 614 Å². The molecule has 533 valence electrons. The number of aliphatic hydroxyl groups excluding tert-OH is 1. The van der Waals surface area contributed by atoms with Crippen molar-refractivity contribution < 1.29 is 80.9 Å². The first kappa shape index (κ1) is 88.3. The number of ether oxygens (including phenoxy) is 5. The van der Waals surface area contributed by atoms with Crippen LogP contribution in [0.2, 0.25) is 0 Å². The number of hydrogen-bond donors (Lipinski definition) is 2. The van der Waals surface area contributed by atoms with E-state index in [0.29, 0.717) is 87.3 Å². The molecule has 0 aromatic carbocycles. The van der Waals surface area contributed by atoms with Crippen molar-refractivity contribution in [3.63, 3.8) is 0 Å². The van der Waals surface area contributed by atoms with Gasteiger partial charge in [-0.1, -0.05) is 144 Å². The number of nitrogens with zero attached hydrogens (tertiary/aromatic N) is 1. The normalized spacial score (nSPS) is 12.8. The summed E-state index contributed by atoms with van der Waals surface area (Å²) < 4.78 is 101. The Balaban J connectivity index is 0.000000586. The first-order valence-corrected chi connectivity index (χ1v) is 40.5. The molecule has 8 rings (SSSR count). The fourth-order valence-electron chi connectivity index (χ4n) is 8.77. The molecule has 0 bridgehead atoms. The van der Waals surface area contributed by atoms with Crippen LogP contribution in [-0.2, 0) is 56.3 Å². The number of unbranched alkanes of at least 4 members (excludes halogenated alkanes) is 4. The number of alkyl halides is 1. The Bertz CT molecular complexity index is 3240. The molecule has 0 spiro atoms. The molecule has 30 heteroatoms. The molecule has 0 saturated heterocycles. The van der Waals surface area contributed by atoms with Crippen molar-refractivity contribution in [1.29, 1.82) is 0 Å². The van der Waals surface area contributed by atoms with Crippen LogP contribution < -0.4 is 4.74 Å². The molecule has 0 amide bonds. The number of halogens is 7. The third-order valence-corrected chi connectivity index (χ3v) is 25.1. The summed E-state index contributed by atoms with van der Waals surface area (Å²) in [5.74, 6) is 0.397. The molecule has 95 heavy (non-hydrogen) atoms. The van der Waals surface area contributed by atoms with Crippen LogP contribution in [0.25, 0.3) is 20.2 Å². The number of thiol groups is 1. The van der Waals surface area contributed by atoms with E-state index in [9.17, 15) is 50.7 Å². The van der Waals surface area contributed by atoms with Crippen molar-refractivity contribution in [3.8, 4) is 5.06 Å². The Hall–Kier alpha value is -2.78. The second-order valence-corrected chi connectivity index (χ2v) is 32.1. The minimum absolute atomic E-state index is 0.0598. The van der Waals surface area contributed by atoms with Crippen LogP contribution in [0.4, 0.5) is 22.0 Å². The van der Waals surface area contributed by atoms with Crippen molar-refractivity contribution in [3.05, 3.63) is 77.1 Å². The van der Waals surface area contributed by atoms with Crippen LogP contribution in [0.15, 0.2) is 22.6 Å². The van der Waals surface area contributed by atoms with E-state index in [-0.39, 0.29) is 37.8 Å². The summed E-state index contributed by atoms with van der Waals surface area (Å²) in [6.45, 7) is 21.2. The average molecular weight is 1630 g/mol. The molecule has 6 aromatic heterocycles. The van der Waals surface area contributed by atoms with Gasteiger partial charge in [0.2, 0.25) is 5.06 Å². The molecule has 0 saturated carbocycles. The second kappa shape index (κ2) is 52.2. The third-order valence-electron chi connectivity index (χ3n) is 14.4. The Kier molecular flexibility index (Phi) is 48.6. The molecule has 8 heterocycles. The van der Waals surface area contributed by atoms with Gasteiger partial charge in [-0.3, -0.25) is 18.8 Å². The minimum atomic E-state index is -1.00. The van der Waals surface area contributed by atoms with E-state index < -0.39 is 48.6 Å². The van der Waals surface area contributed by atoms with Crippen molar-refractivity contribution in [2.45, 2.75) is 195 Å². The number of thiophene rings is 6. The fourth-order valence-corrected chi connectivity index (χ4v) is 19.9. The summed E-state index contributed by atoms with van der Waals surface area (Å²) in [7, 11) is 3.34. The molecule has 2 aliphatic heterocycles. The molecule has 4 unspecified atom stereocenters. The van der Waals surface area contributed by atoms with Gasteiger partial charge >= 0.3 is 54.6 Å². The molecular weight excluding hydrogens is 1540 g/mol. The van der Waals surface area contributed by atoms with Gasteiger partial charge in [0.05, 0.1) is 46.0 Å². The topological polar surface area (TPSA) is 181 Å². The molecule has 0 fully saturated rings. The van der Waals surface area contributed by atoms with Crippen LogP contribution in [0.1, 0.15) is 223 Å². The zero-order chi connectivity index (χ0) is 72.3. The van der Waals surface area contributed by atoms with Gasteiger partial charge in [0.25, 0.3) is 6.47 Å². The van der Waals surface area contributed by atoms with Gasteiger partial charge in [-0.15, -0.1) is 45.3 Å². The van der Waals surface area contributed by atoms with Crippen molar-refractivity contribution in [2.24, 2.45) is 28.0 Å². The Morgan fingerprint density at radius 2 is 1.03 bits per heavy atom. The summed E-state index contributed by atoms with van der Waals surface area (Å²) in [6, 6.07) is 0. The Morgan fingerprint density at radius 3 is 1.39 bits per heavy atom. The van der Waals surface area contributed by atoms with Crippen LogP contribution in [0, 0.1) is 46.9 Å². The summed E-state index contributed by atoms with van der Waals surface area (Å²) in [5, 5.41) is 13.4. The van der Waals surface area contributed by atoms with Crippen LogP contribution in [-0.4, -0.2) is 82.6 Å². The second-order valence-electron chi connectivity index (χ2n) is 21.3. The maximum atomic E-state index is 14.4. The van der Waals surface area contributed by atoms with E-state index in [1.165, 1.54) is 89.8 Å². The number of hydrogen-bond acceptors (Lipinski definition) is 22. The van der Waals surface area contributed by atoms with E-state index in [4.69, 9.17) is 20.7 Å². The predicted molar refractivity (Wildman–Crippen MR) is 398 cm³/mol. The van der Waals surface area contributed by atoms with Gasteiger partial charge in [0.1, 0.15) is 14.6 Å². The molecule has 1 radical (unpaired) electrons. The zero-order valence-electron chi connectivity index (χ0n) is 56.5. The number of thioether (sulfide) groups is 2. The monoisotopic (exact) mass is 1630 g/mol. The standard InChI is InChI=1S/C15H17Br2FO2S2.C15H21FO2S2.C15H19FO2S2.C8H18O.C7H5FO2S2.C4H6O3.CH3F.BHNS/c1-3-5-6-8(4-2)7-20-15(19)12-10(18)9-11(21-12)14(17)22-13(9)16;2*1-3-5-6-10(4-2)7-18-15(17)14-13(16)11-8-19-9-12(11)20-14;1-3-5-6-8(4-2)7-9;8-6-4-1-11-2-5(4)12-7(6)10-3-9;1-3(5)7-4(2)6;1-2;1-2-3/h8H,3-7H2,1-2H3;10H,3-9H2,1-2H3;8-10H,3-7H2,1-2H3;8-9H,3-7H2,1-2H3;3H,1-2H2;1-2H3;1H3;3H/i;;;;;;1D;. The molecular formula is C65H90BBr2F5NO12S9. The molecule has 13 nitrogen and oxygen atoms in total. The van der Waals surface area contributed by atoms with E-state index in [1.54, 1.807) is 28.9 Å². The number of aliphatic hydroxyl groups is 1. The number of carbonyl (C=O) groups is 6. The quantitative estimate of drug-likeness (QED) is 0.00900. The fraction of sp³-hybridized carbons (Fsp3) is 0.600. The van der Waals surface area contributed by atoms with Gasteiger partial charge in [-0.05, 0) is 81.2 Å². The van der Waals surface area contributed by atoms with E-state index in [2.05, 4.69) is 121 Å². The first-order chi connectivity index (χ1) is 46.0. The zero-order valence-corrected chi connectivity index (χ0v) is 66.1.